The lowest BCUT2D eigenvalue weighted by Crippen LogP contribution is -2.39. The zero-order valence-corrected chi connectivity index (χ0v) is 19.4. The Morgan fingerprint density at radius 2 is 2.03 bits per heavy atom. The van der Waals surface area contributed by atoms with Crippen LogP contribution in [0.1, 0.15) is 72.1 Å². The van der Waals surface area contributed by atoms with Crippen molar-refractivity contribution in [3.63, 3.8) is 0 Å². The third-order valence-electron chi connectivity index (χ3n) is 9.04. The van der Waals surface area contributed by atoms with Gasteiger partial charge in [-0.2, -0.15) is 0 Å². The molecule has 2 unspecified atom stereocenters. The van der Waals surface area contributed by atoms with Gasteiger partial charge >= 0.3 is 0 Å². The first-order valence-corrected chi connectivity index (χ1v) is 12.4. The largest absolute Gasteiger partial charge is 0.393 e. The van der Waals surface area contributed by atoms with Gasteiger partial charge in [0, 0.05) is 19.5 Å². The van der Waals surface area contributed by atoms with Gasteiger partial charge in [-0.25, -0.2) is 0 Å². The van der Waals surface area contributed by atoms with E-state index in [9.17, 15) is 10.2 Å². The van der Waals surface area contributed by atoms with Crippen molar-refractivity contribution in [2.45, 2.75) is 84.3 Å². The van der Waals surface area contributed by atoms with E-state index in [1.165, 1.54) is 58.2 Å². The lowest BCUT2D eigenvalue weighted by atomic mass is 9.61. The van der Waals surface area contributed by atoms with Crippen LogP contribution < -0.4 is 0 Å². The fourth-order valence-electron chi connectivity index (χ4n) is 7.41. The van der Waals surface area contributed by atoms with E-state index in [1.54, 1.807) is 5.57 Å². The summed E-state index contributed by atoms with van der Waals surface area (Å²) in [5.41, 5.74) is 3.86. The summed E-state index contributed by atoms with van der Waals surface area (Å²) in [6.45, 7) is 15.4. The van der Waals surface area contributed by atoms with Gasteiger partial charge < -0.3 is 15.1 Å². The summed E-state index contributed by atoms with van der Waals surface area (Å²) in [6.07, 6.45) is 12.4. The van der Waals surface area contributed by atoms with Crippen molar-refractivity contribution in [1.82, 2.24) is 4.90 Å². The summed E-state index contributed by atoms with van der Waals surface area (Å²) in [5.74, 6) is 3.15. The number of aliphatic hydroxyl groups excluding tert-OH is 2. The van der Waals surface area contributed by atoms with Crippen molar-refractivity contribution in [2.24, 2.45) is 29.1 Å². The summed E-state index contributed by atoms with van der Waals surface area (Å²) in [5, 5.41) is 20.2. The molecule has 1 heterocycles. The Morgan fingerprint density at radius 1 is 1.23 bits per heavy atom. The van der Waals surface area contributed by atoms with E-state index >= 15 is 0 Å². The maximum atomic E-state index is 10.2. The number of hydrogen-bond acceptors (Lipinski definition) is 3. The molecule has 3 saturated carbocycles. The molecule has 1 saturated heterocycles. The Morgan fingerprint density at radius 3 is 2.77 bits per heavy atom. The quantitative estimate of drug-likeness (QED) is 0.673. The third kappa shape index (κ3) is 4.36. The average Bonchev–Trinajstić information content (AvgIpc) is 3.25. The zero-order valence-electron chi connectivity index (χ0n) is 19.4. The first kappa shape index (κ1) is 22.3. The molecule has 0 aromatic heterocycles. The fraction of sp³-hybridized carbons (Fsp3) is 0.778. The molecule has 3 aliphatic carbocycles. The SMILES string of the molecule is C=C1/C(=C/C=C2\CCC[C@]3(C)[C@@H]([C@@H](C)CN4CC[C@H](C)C4)CC[C@@H]23)CC(O)CC1O. The van der Waals surface area contributed by atoms with Crippen LogP contribution in [-0.2, 0) is 0 Å². The van der Waals surface area contributed by atoms with Crippen LogP contribution in [0.3, 0.4) is 0 Å². The van der Waals surface area contributed by atoms with Crippen molar-refractivity contribution in [3.8, 4) is 0 Å². The lowest BCUT2D eigenvalue weighted by Gasteiger charge is -2.45. The summed E-state index contributed by atoms with van der Waals surface area (Å²) in [7, 11) is 0. The highest BCUT2D eigenvalue weighted by molar-refractivity contribution is 5.38. The highest BCUT2D eigenvalue weighted by atomic mass is 16.3. The maximum Gasteiger partial charge on any atom is 0.0811 e. The van der Waals surface area contributed by atoms with Gasteiger partial charge in [-0.05, 0) is 91.7 Å². The van der Waals surface area contributed by atoms with Gasteiger partial charge in [0.2, 0.25) is 0 Å². The Labute approximate surface area is 183 Å². The van der Waals surface area contributed by atoms with Crippen LogP contribution in [0.15, 0.2) is 35.5 Å². The lowest BCUT2D eigenvalue weighted by molar-refractivity contribution is 0.0816. The molecule has 30 heavy (non-hydrogen) atoms. The molecule has 0 spiro atoms. The van der Waals surface area contributed by atoms with Gasteiger partial charge in [-0.1, -0.05) is 45.1 Å². The van der Waals surface area contributed by atoms with Gasteiger partial charge in [0.05, 0.1) is 12.2 Å². The van der Waals surface area contributed by atoms with Gasteiger partial charge in [-0.15, -0.1) is 0 Å². The van der Waals surface area contributed by atoms with Crippen molar-refractivity contribution in [3.05, 3.63) is 35.5 Å². The molecule has 0 bridgehead atoms. The number of allylic oxidation sites excluding steroid dienone is 3. The summed E-state index contributed by atoms with van der Waals surface area (Å²) < 4.78 is 0. The predicted octanol–water partition coefficient (Wildman–Crippen LogP) is 5.11. The molecule has 3 heteroatoms. The number of likely N-dealkylation sites (tertiary alicyclic amines) is 1. The van der Waals surface area contributed by atoms with Crippen LogP contribution in [-0.4, -0.2) is 47.0 Å². The average molecular weight is 414 g/mol. The zero-order chi connectivity index (χ0) is 21.5. The molecule has 0 amide bonds. The molecule has 7 atom stereocenters. The first-order valence-electron chi connectivity index (χ1n) is 12.4. The van der Waals surface area contributed by atoms with Crippen LogP contribution in [0.2, 0.25) is 0 Å². The Hall–Kier alpha value is -0.900. The highest BCUT2D eigenvalue weighted by Gasteiger charge is 2.50. The topological polar surface area (TPSA) is 43.7 Å². The molecular weight excluding hydrogens is 370 g/mol. The number of aliphatic hydroxyl groups is 2. The Bertz CT molecular complexity index is 710. The maximum absolute atomic E-state index is 10.2. The van der Waals surface area contributed by atoms with E-state index in [-0.39, 0.29) is 0 Å². The molecule has 4 aliphatic rings. The van der Waals surface area contributed by atoms with E-state index in [1.807, 2.05) is 0 Å². The van der Waals surface area contributed by atoms with Crippen molar-refractivity contribution >= 4 is 0 Å². The van der Waals surface area contributed by atoms with E-state index in [0.29, 0.717) is 24.2 Å². The molecule has 1 aliphatic heterocycles. The van der Waals surface area contributed by atoms with E-state index in [2.05, 4.69) is 44.4 Å². The molecule has 2 N–H and O–H groups in total. The molecule has 0 radical (unpaired) electrons. The van der Waals surface area contributed by atoms with E-state index < -0.39 is 12.2 Å². The monoisotopic (exact) mass is 413 g/mol. The number of nitrogens with zero attached hydrogens (tertiary/aromatic N) is 1. The van der Waals surface area contributed by atoms with Crippen LogP contribution in [0.4, 0.5) is 0 Å². The fourth-order valence-corrected chi connectivity index (χ4v) is 7.41. The summed E-state index contributed by atoms with van der Waals surface area (Å²) >= 11 is 0. The smallest absolute Gasteiger partial charge is 0.0811 e. The van der Waals surface area contributed by atoms with Gasteiger partial charge in [-0.3, -0.25) is 0 Å². The minimum absolute atomic E-state index is 0.419. The van der Waals surface area contributed by atoms with E-state index in [4.69, 9.17) is 0 Å². The second-order valence-electron chi connectivity index (χ2n) is 11.3. The standard InChI is InChI=1S/C27H43NO2/c1-18-11-13-28(16-18)17-19(2)24-9-10-25-21(6-5-12-27(24,25)4)7-8-22-14-23(29)15-26(30)20(22)3/h7-8,18-19,23-26,29-30H,3,5-6,9-17H2,1-2,4H3/b21-7+,22-8+/t18-,19-,23?,24+,25-,26?,27+/m0/s1. The van der Waals surface area contributed by atoms with Crippen LogP contribution >= 0.6 is 0 Å². The second-order valence-corrected chi connectivity index (χ2v) is 11.3. The molecule has 0 aromatic rings. The Kier molecular flexibility index (Phi) is 6.63. The highest BCUT2D eigenvalue weighted by Crippen LogP contribution is 2.59. The normalized spacial score (nSPS) is 44.0. The minimum atomic E-state index is -0.597. The Balaban J connectivity index is 1.47. The minimum Gasteiger partial charge on any atom is -0.393 e. The van der Waals surface area contributed by atoms with Gasteiger partial charge in [0.1, 0.15) is 0 Å². The molecule has 168 valence electrons. The third-order valence-corrected chi connectivity index (χ3v) is 9.04. The van der Waals surface area contributed by atoms with Gasteiger partial charge in [0.25, 0.3) is 0 Å². The predicted molar refractivity (Wildman–Crippen MR) is 124 cm³/mol. The second kappa shape index (κ2) is 8.92. The molecule has 4 fully saturated rings. The molecular formula is C27H43NO2. The number of hydrogen-bond donors (Lipinski definition) is 2. The number of fused-ring (bicyclic) bond motifs is 1. The van der Waals surface area contributed by atoms with Crippen LogP contribution in [0.5, 0.6) is 0 Å². The van der Waals surface area contributed by atoms with Crippen LogP contribution in [0, 0.1) is 29.1 Å². The molecule has 4 rings (SSSR count). The molecule has 3 nitrogen and oxygen atoms in total. The summed E-state index contributed by atoms with van der Waals surface area (Å²) in [6, 6.07) is 0. The number of rotatable bonds is 4. The van der Waals surface area contributed by atoms with Crippen molar-refractivity contribution in [2.75, 3.05) is 19.6 Å². The summed E-state index contributed by atoms with van der Waals surface area (Å²) in [4.78, 5) is 2.71. The van der Waals surface area contributed by atoms with Crippen molar-refractivity contribution < 1.29 is 10.2 Å². The van der Waals surface area contributed by atoms with Crippen molar-refractivity contribution in [1.29, 1.82) is 0 Å². The van der Waals surface area contributed by atoms with Gasteiger partial charge in [0.15, 0.2) is 0 Å². The van der Waals surface area contributed by atoms with Crippen LogP contribution in [0.25, 0.3) is 0 Å². The van der Waals surface area contributed by atoms with E-state index in [0.717, 1.165) is 28.9 Å². The molecule has 0 aromatic carbocycles. The first-order chi connectivity index (χ1) is 14.3.